The fraction of sp³-hybridized carbons (Fsp3) is 0.147. The molecule has 0 spiro atoms. The number of halogens is 2. The van der Waals surface area contributed by atoms with Crippen molar-refractivity contribution >= 4 is 17.9 Å². The molecule has 0 amide bonds. The highest BCUT2D eigenvalue weighted by atomic mass is 19.1. The van der Waals surface area contributed by atoms with Gasteiger partial charge in [0.05, 0.1) is 0 Å². The third-order valence-corrected chi connectivity index (χ3v) is 6.54. The minimum Gasteiger partial charge on any atom is -0.489 e. The molecule has 6 heteroatoms. The van der Waals surface area contributed by atoms with Gasteiger partial charge in [-0.1, -0.05) is 48.5 Å². The van der Waals surface area contributed by atoms with Crippen LogP contribution in [0.4, 0.5) is 8.78 Å². The molecule has 0 bridgehead atoms. The first kappa shape index (κ1) is 27.0. The minimum absolute atomic E-state index is 0.0337. The van der Waals surface area contributed by atoms with Crippen LogP contribution in [0, 0.1) is 11.6 Å². The summed E-state index contributed by atoms with van der Waals surface area (Å²) in [5.74, 6) is 0.883. The topological polar surface area (TPSA) is 38.8 Å². The largest absolute Gasteiger partial charge is 0.489 e. The lowest BCUT2D eigenvalue weighted by Gasteiger charge is -2.26. The SMILES string of the molecule is CN1CC(=Cc2ccc(OCc3ccc(F)cc3)cc2)C(=O)/C(=C/c2ccc(OCc3ccc(F)cc3)cc2)C1. The molecule has 40 heavy (non-hydrogen) atoms. The van der Waals surface area contributed by atoms with E-state index in [2.05, 4.69) is 4.90 Å². The van der Waals surface area contributed by atoms with Gasteiger partial charge in [-0.25, -0.2) is 8.78 Å². The highest BCUT2D eigenvalue weighted by Crippen LogP contribution is 2.24. The molecule has 0 saturated carbocycles. The second kappa shape index (κ2) is 12.5. The maximum atomic E-state index is 13.3. The molecule has 4 nitrogen and oxygen atoms in total. The van der Waals surface area contributed by atoms with Crippen LogP contribution in [0.1, 0.15) is 22.3 Å². The maximum Gasteiger partial charge on any atom is 0.187 e. The van der Waals surface area contributed by atoms with Crippen LogP contribution in [0.15, 0.2) is 108 Å². The fourth-order valence-electron chi connectivity index (χ4n) is 4.43. The van der Waals surface area contributed by atoms with E-state index in [0.717, 1.165) is 33.4 Å². The van der Waals surface area contributed by atoms with Crippen LogP contribution >= 0.6 is 0 Å². The second-order valence-electron chi connectivity index (χ2n) is 9.81. The van der Waals surface area contributed by atoms with Gasteiger partial charge in [0.25, 0.3) is 0 Å². The molecule has 4 aromatic carbocycles. The van der Waals surface area contributed by atoms with Crippen LogP contribution in [0.5, 0.6) is 11.5 Å². The standard InChI is InChI=1S/C34H29F2NO3/c1-37-20-28(18-24-6-14-32(15-7-24)39-22-26-2-10-30(35)11-3-26)34(38)29(21-37)19-25-8-16-33(17-9-25)40-23-27-4-12-31(36)13-5-27/h2-19H,20-23H2,1H3/b28-18+,29-19?. The zero-order valence-electron chi connectivity index (χ0n) is 22.1. The van der Waals surface area contributed by atoms with E-state index in [0.29, 0.717) is 37.8 Å². The summed E-state index contributed by atoms with van der Waals surface area (Å²) >= 11 is 0. The Balaban J connectivity index is 1.21. The van der Waals surface area contributed by atoms with E-state index >= 15 is 0 Å². The summed E-state index contributed by atoms with van der Waals surface area (Å²) in [6.45, 7) is 1.82. The number of likely N-dealkylation sites (tertiary alicyclic amines) is 1. The highest BCUT2D eigenvalue weighted by Gasteiger charge is 2.24. The lowest BCUT2D eigenvalue weighted by Crippen LogP contribution is -2.34. The zero-order valence-corrected chi connectivity index (χ0v) is 22.1. The average Bonchev–Trinajstić information content (AvgIpc) is 2.96. The van der Waals surface area contributed by atoms with Gasteiger partial charge in [0.1, 0.15) is 36.3 Å². The molecular weight excluding hydrogens is 508 g/mol. The van der Waals surface area contributed by atoms with Gasteiger partial charge < -0.3 is 9.47 Å². The summed E-state index contributed by atoms with van der Waals surface area (Å²) in [5.41, 5.74) is 5.04. The Hall–Kier alpha value is -4.55. The molecule has 5 rings (SSSR count). The molecule has 1 aliphatic heterocycles. The fourth-order valence-corrected chi connectivity index (χ4v) is 4.43. The molecule has 0 aliphatic carbocycles. The number of ketones is 1. The van der Waals surface area contributed by atoms with Crippen molar-refractivity contribution in [3.05, 3.63) is 142 Å². The van der Waals surface area contributed by atoms with Crippen molar-refractivity contribution in [3.8, 4) is 11.5 Å². The molecule has 202 valence electrons. The number of benzene rings is 4. The van der Waals surface area contributed by atoms with Crippen LogP contribution in [0.25, 0.3) is 12.2 Å². The number of hydrogen-bond donors (Lipinski definition) is 0. The predicted molar refractivity (Wildman–Crippen MR) is 153 cm³/mol. The van der Waals surface area contributed by atoms with Crippen molar-refractivity contribution in [1.82, 2.24) is 4.90 Å². The number of carbonyl (C=O) groups excluding carboxylic acids is 1. The van der Waals surface area contributed by atoms with Crippen LogP contribution in [0.3, 0.4) is 0 Å². The number of Topliss-reactive ketones (excluding diaryl/α,β-unsaturated/α-hetero) is 1. The molecule has 1 heterocycles. The Morgan fingerprint density at radius 2 is 1.00 bits per heavy atom. The molecule has 1 fully saturated rings. The Bertz CT molecular complexity index is 1390. The molecule has 0 aromatic heterocycles. The summed E-state index contributed by atoms with van der Waals surface area (Å²) in [7, 11) is 1.99. The predicted octanol–water partition coefficient (Wildman–Crippen LogP) is 7.10. The van der Waals surface area contributed by atoms with Crippen molar-refractivity contribution in [3.63, 3.8) is 0 Å². The lowest BCUT2D eigenvalue weighted by molar-refractivity contribution is -0.113. The van der Waals surface area contributed by atoms with E-state index in [1.807, 2.05) is 67.7 Å². The van der Waals surface area contributed by atoms with Crippen molar-refractivity contribution in [2.24, 2.45) is 0 Å². The van der Waals surface area contributed by atoms with Crippen LogP contribution in [-0.2, 0) is 18.0 Å². The summed E-state index contributed by atoms with van der Waals surface area (Å²) in [6.07, 6.45) is 3.84. The van der Waals surface area contributed by atoms with Crippen molar-refractivity contribution < 1.29 is 23.0 Å². The summed E-state index contributed by atoms with van der Waals surface area (Å²) in [6, 6.07) is 27.6. The number of hydrogen-bond acceptors (Lipinski definition) is 4. The summed E-state index contributed by atoms with van der Waals surface area (Å²) in [5, 5.41) is 0. The van der Waals surface area contributed by atoms with Crippen molar-refractivity contribution in [2.45, 2.75) is 13.2 Å². The summed E-state index contributed by atoms with van der Waals surface area (Å²) < 4.78 is 37.8. The van der Waals surface area contributed by atoms with Crippen molar-refractivity contribution in [2.75, 3.05) is 20.1 Å². The molecule has 1 aliphatic rings. The van der Waals surface area contributed by atoms with Gasteiger partial charge in [-0.15, -0.1) is 0 Å². The second-order valence-corrected chi connectivity index (χ2v) is 9.81. The third kappa shape index (κ3) is 7.30. The van der Waals surface area contributed by atoms with Gasteiger partial charge in [-0.3, -0.25) is 9.69 Å². The van der Waals surface area contributed by atoms with E-state index in [-0.39, 0.29) is 17.4 Å². The number of piperidine rings is 1. The van der Waals surface area contributed by atoms with E-state index in [1.165, 1.54) is 24.3 Å². The maximum absolute atomic E-state index is 13.3. The molecule has 0 atom stereocenters. The Labute approximate surface area is 232 Å². The van der Waals surface area contributed by atoms with Crippen LogP contribution in [-0.4, -0.2) is 30.8 Å². The Morgan fingerprint density at radius 3 is 1.38 bits per heavy atom. The first-order valence-corrected chi connectivity index (χ1v) is 13.0. The van der Waals surface area contributed by atoms with Gasteiger partial charge in [-0.2, -0.15) is 0 Å². The molecule has 4 aromatic rings. The van der Waals surface area contributed by atoms with Gasteiger partial charge in [0, 0.05) is 24.2 Å². The van der Waals surface area contributed by atoms with Crippen molar-refractivity contribution in [1.29, 1.82) is 0 Å². The average molecular weight is 538 g/mol. The number of likely N-dealkylation sites (N-methyl/N-ethyl adjacent to an activating group) is 1. The van der Waals surface area contributed by atoms with Crippen LogP contribution < -0.4 is 9.47 Å². The normalized spacial score (nSPS) is 15.9. The van der Waals surface area contributed by atoms with Gasteiger partial charge in [0.15, 0.2) is 5.78 Å². The smallest absolute Gasteiger partial charge is 0.187 e. The summed E-state index contributed by atoms with van der Waals surface area (Å²) in [4.78, 5) is 15.4. The van der Waals surface area contributed by atoms with E-state index in [9.17, 15) is 13.6 Å². The highest BCUT2D eigenvalue weighted by molar-refractivity contribution is 6.14. The first-order valence-electron chi connectivity index (χ1n) is 13.0. The van der Waals surface area contributed by atoms with Gasteiger partial charge in [-0.05, 0) is 90.0 Å². The first-order chi connectivity index (χ1) is 19.4. The number of rotatable bonds is 8. The number of carbonyl (C=O) groups is 1. The van der Waals surface area contributed by atoms with Gasteiger partial charge in [0.2, 0.25) is 0 Å². The zero-order chi connectivity index (χ0) is 27.9. The van der Waals surface area contributed by atoms with Gasteiger partial charge >= 0.3 is 0 Å². The third-order valence-electron chi connectivity index (χ3n) is 6.54. The van der Waals surface area contributed by atoms with E-state index in [1.54, 1.807) is 24.3 Å². The Morgan fingerprint density at radius 1 is 0.625 bits per heavy atom. The van der Waals surface area contributed by atoms with E-state index in [4.69, 9.17) is 9.47 Å². The Kier molecular flexibility index (Phi) is 8.47. The van der Waals surface area contributed by atoms with E-state index < -0.39 is 0 Å². The molecule has 0 radical (unpaired) electrons. The molecule has 0 N–H and O–H groups in total. The number of ether oxygens (including phenoxy) is 2. The molecule has 1 saturated heterocycles. The number of nitrogens with zero attached hydrogens (tertiary/aromatic N) is 1. The quantitative estimate of drug-likeness (QED) is 0.225. The minimum atomic E-state index is -0.274. The van der Waals surface area contributed by atoms with Crippen LogP contribution in [0.2, 0.25) is 0 Å². The monoisotopic (exact) mass is 537 g/mol. The molecule has 0 unspecified atom stereocenters. The lowest BCUT2D eigenvalue weighted by atomic mass is 9.94. The molecular formula is C34H29F2NO3.